The van der Waals surface area contributed by atoms with E-state index in [2.05, 4.69) is 28.7 Å². The first-order chi connectivity index (χ1) is 7.09. The fourth-order valence-corrected chi connectivity index (χ4v) is 1.96. The van der Waals surface area contributed by atoms with Crippen LogP contribution in [0.5, 0.6) is 0 Å². The zero-order chi connectivity index (χ0) is 11.0. The van der Waals surface area contributed by atoms with Crippen molar-refractivity contribution in [1.29, 1.82) is 0 Å². The summed E-state index contributed by atoms with van der Waals surface area (Å²) in [6, 6.07) is 0. The van der Waals surface area contributed by atoms with Crippen LogP contribution in [0.2, 0.25) is 0 Å². The Hall–Kier alpha value is -1.52. The van der Waals surface area contributed by atoms with E-state index >= 15 is 0 Å². The number of hydrogen-bond acceptors (Lipinski definition) is 4. The van der Waals surface area contributed by atoms with Gasteiger partial charge < -0.3 is 15.6 Å². The highest BCUT2D eigenvalue weighted by molar-refractivity contribution is 5.61. The van der Waals surface area contributed by atoms with Crippen molar-refractivity contribution in [3.63, 3.8) is 0 Å². The lowest BCUT2D eigenvalue weighted by molar-refractivity contribution is 0.494. The van der Waals surface area contributed by atoms with Crippen molar-refractivity contribution in [2.24, 2.45) is 11.8 Å². The molecule has 15 heavy (non-hydrogen) atoms. The average Bonchev–Trinajstić information content (AvgIpc) is 2.51. The number of nitrogens with zero attached hydrogens (tertiary/aromatic N) is 2. The SMILES string of the molecule is CC1CN(c2nc[nH]c(=O)c2N)CC1C. The quantitative estimate of drug-likeness (QED) is 0.702. The van der Waals surface area contributed by atoms with Crippen LogP contribution < -0.4 is 16.2 Å². The van der Waals surface area contributed by atoms with Crippen LogP contribution in [0.1, 0.15) is 13.8 Å². The fourth-order valence-electron chi connectivity index (χ4n) is 1.96. The van der Waals surface area contributed by atoms with Crippen molar-refractivity contribution < 1.29 is 0 Å². The minimum Gasteiger partial charge on any atom is -0.391 e. The van der Waals surface area contributed by atoms with Gasteiger partial charge in [-0.2, -0.15) is 0 Å². The van der Waals surface area contributed by atoms with Crippen molar-refractivity contribution >= 4 is 11.5 Å². The molecule has 0 amide bonds. The van der Waals surface area contributed by atoms with Crippen LogP contribution in [-0.4, -0.2) is 23.1 Å². The van der Waals surface area contributed by atoms with E-state index in [4.69, 9.17) is 5.73 Å². The van der Waals surface area contributed by atoms with Gasteiger partial charge in [0.05, 0.1) is 6.33 Å². The fraction of sp³-hybridized carbons (Fsp3) is 0.600. The molecular weight excluding hydrogens is 192 g/mol. The summed E-state index contributed by atoms with van der Waals surface area (Å²) >= 11 is 0. The Morgan fingerprint density at radius 1 is 1.47 bits per heavy atom. The summed E-state index contributed by atoms with van der Waals surface area (Å²) in [4.78, 5) is 20.0. The number of nitrogen functional groups attached to an aromatic ring is 1. The molecule has 2 heterocycles. The normalized spacial score (nSPS) is 25.9. The molecule has 5 heteroatoms. The molecule has 2 rings (SSSR count). The van der Waals surface area contributed by atoms with Gasteiger partial charge in [0.15, 0.2) is 5.82 Å². The number of H-pyrrole nitrogens is 1. The molecule has 3 N–H and O–H groups in total. The Morgan fingerprint density at radius 2 is 2.07 bits per heavy atom. The molecule has 1 aliphatic rings. The van der Waals surface area contributed by atoms with E-state index < -0.39 is 0 Å². The largest absolute Gasteiger partial charge is 0.391 e. The first-order valence-electron chi connectivity index (χ1n) is 5.17. The van der Waals surface area contributed by atoms with Gasteiger partial charge in [-0.05, 0) is 11.8 Å². The lowest BCUT2D eigenvalue weighted by Gasteiger charge is -2.17. The summed E-state index contributed by atoms with van der Waals surface area (Å²) in [5, 5.41) is 0. The summed E-state index contributed by atoms with van der Waals surface area (Å²) in [5.41, 5.74) is 5.67. The molecule has 1 aliphatic heterocycles. The summed E-state index contributed by atoms with van der Waals surface area (Å²) in [5.74, 6) is 1.85. The van der Waals surface area contributed by atoms with Gasteiger partial charge >= 0.3 is 0 Å². The highest BCUT2D eigenvalue weighted by atomic mass is 16.1. The predicted octanol–water partition coefficient (Wildman–Crippen LogP) is 0.444. The molecule has 0 bridgehead atoms. The van der Waals surface area contributed by atoms with Gasteiger partial charge in [0, 0.05) is 13.1 Å². The second kappa shape index (κ2) is 3.56. The van der Waals surface area contributed by atoms with Gasteiger partial charge in [0.25, 0.3) is 5.56 Å². The third-order valence-corrected chi connectivity index (χ3v) is 3.16. The van der Waals surface area contributed by atoms with Gasteiger partial charge in [-0.3, -0.25) is 4.79 Å². The maximum Gasteiger partial charge on any atom is 0.276 e. The third kappa shape index (κ3) is 1.69. The molecule has 1 aromatic rings. The van der Waals surface area contributed by atoms with Crippen molar-refractivity contribution in [1.82, 2.24) is 9.97 Å². The summed E-state index contributed by atoms with van der Waals surface area (Å²) in [6.07, 6.45) is 1.40. The molecular formula is C10H16N4O. The van der Waals surface area contributed by atoms with Crippen LogP contribution in [0.4, 0.5) is 11.5 Å². The van der Waals surface area contributed by atoms with E-state index in [1.165, 1.54) is 6.33 Å². The molecule has 0 saturated carbocycles. The number of anilines is 2. The lowest BCUT2D eigenvalue weighted by Crippen LogP contribution is -2.25. The summed E-state index contributed by atoms with van der Waals surface area (Å²) in [7, 11) is 0. The van der Waals surface area contributed by atoms with Crippen LogP contribution in [0.25, 0.3) is 0 Å². The minimum atomic E-state index is -0.257. The Bertz CT molecular complexity index is 404. The number of aromatic nitrogens is 2. The van der Waals surface area contributed by atoms with E-state index in [0.717, 1.165) is 13.1 Å². The zero-order valence-corrected chi connectivity index (χ0v) is 9.03. The zero-order valence-electron chi connectivity index (χ0n) is 9.03. The maximum absolute atomic E-state index is 11.3. The molecule has 1 aromatic heterocycles. The topological polar surface area (TPSA) is 75.0 Å². The predicted molar refractivity (Wildman–Crippen MR) is 59.8 cm³/mol. The number of aromatic amines is 1. The molecule has 0 spiro atoms. The maximum atomic E-state index is 11.3. The van der Waals surface area contributed by atoms with E-state index in [0.29, 0.717) is 17.7 Å². The number of rotatable bonds is 1. The van der Waals surface area contributed by atoms with Crippen LogP contribution >= 0.6 is 0 Å². The molecule has 1 fully saturated rings. The first-order valence-corrected chi connectivity index (χ1v) is 5.17. The van der Waals surface area contributed by atoms with E-state index in [1.54, 1.807) is 0 Å². The number of nitrogens with one attached hydrogen (secondary N) is 1. The Kier molecular flexibility index (Phi) is 2.38. The molecule has 0 radical (unpaired) electrons. The van der Waals surface area contributed by atoms with Crippen LogP contribution in [0.3, 0.4) is 0 Å². The van der Waals surface area contributed by atoms with Gasteiger partial charge in [0.1, 0.15) is 5.69 Å². The summed E-state index contributed by atoms with van der Waals surface area (Å²) < 4.78 is 0. The lowest BCUT2D eigenvalue weighted by atomic mass is 10.0. The molecule has 2 unspecified atom stereocenters. The van der Waals surface area contributed by atoms with Gasteiger partial charge in [-0.1, -0.05) is 13.8 Å². The van der Waals surface area contributed by atoms with E-state index in [9.17, 15) is 4.79 Å². The monoisotopic (exact) mass is 208 g/mol. The summed E-state index contributed by atoms with van der Waals surface area (Å²) in [6.45, 7) is 6.24. The Balaban J connectivity index is 2.32. The van der Waals surface area contributed by atoms with Gasteiger partial charge in [0.2, 0.25) is 0 Å². The van der Waals surface area contributed by atoms with E-state index in [-0.39, 0.29) is 11.2 Å². The molecule has 82 valence electrons. The van der Waals surface area contributed by atoms with Gasteiger partial charge in [-0.25, -0.2) is 4.98 Å². The highest BCUT2D eigenvalue weighted by Gasteiger charge is 2.28. The molecule has 1 saturated heterocycles. The van der Waals surface area contributed by atoms with Crippen LogP contribution in [0, 0.1) is 11.8 Å². The Morgan fingerprint density at radius 3 is 2.67 bits per heavy atom. The van der Waals surface area contributed by atoms with Gasteiger partial charge in [-0.15, -0.1) is 0 Å². The van der Waals surface area contributed by atoms with Crippen molar-refractivity contribution in [3.8, 4) is 0 Å². The number of hydrogen-bond donors (Lipinski definition) is 2. The minimum absolute atomic E-state index is 0.221. The molecule has 2 atom stereocenters. The van der Waals surface area contributed by atoms with Crippen LogP contribution in [0.15, 0.2) is 11.1 Å². The Labute approximate surface area is 88.3 Å². The van der Waals surface area contributed by atoms with Crippen molar-refractivity contribution in [3.05, 3.63) is 16.7 Å². The van der Waals surface area contributed by atoms with Crippen molar-refractivity contribution in [2.45, 2.75) is 13.8 Å². The van der Waals surface area contributed by atoms with E-state index in [1.807, 2.05) is 0 Å². The highest BCUT2D eigenvalue weighted by Crippen LogP contribution is 2.27. The first kappa shape index (κ1) is 10.0. The van der Waals surface area contributed by atoms with Crippen LogP contribution in [-0.2, 0) is 0 Å². The smallest absolute Gasteiger partial charge is 0.276 e. The number of nitrogens with two attached hydrogens (primary N) is 1. The average molecular weight is 208 g/mol. The van der Waals surface area contributed by atoms with Crippen molar-refractivity contribution in [2.75, 3.05) is 23.7 Å². The molecule has 0 aromatic carbocycles. The second-order valence-electron chi connectivity index (χ2n) is 4.33. The third-order valence-electron chi connectivity index (χ3n) is 3.16. The molecule has 5 nitrogen and oxygen atoms in total. The standard InChI is InChI=1S/C10H16N4O/c1-6-3-14(4-7(6)2)9-8(11)10(15)13-5-12-9/h5-7H,3-4,11H2,1-2H3,(H,12,13,15). The second-order valence-corrected chi connectivity index (χ2v) is 4.33. The molecule has 0 aliphatic carbocycles.